The van der Waals surface area contributed by atoms with E-state index in [0.717, 1.165) is 66.7 Å². The number of anilines is 3. The number of para-hydroxylation sites is 1. The first kappa shape index (κ1) is 45.7. The molecule has 4 heteroatoms. The fourth-order valence-electron chi connectivity index (χ4n) is 11.0. The summed E-state index contributed by atoms with van der Waals surface area (Å²) in [4.78, 5) is 18.8. The molecular weight excluding hydrogens is 873 g/mol. The summed E-state index contributed by atoms with van der Waals surface area (Å²) in [5.41, 5.74) is 22.0. The zero-order chi connectivity index (χ0) is 49.3. The quantitative estimate of drug-likeness (QED) is 0.121. The first-order valence-corrected chi connectivity index (χ1v) is 24.9. The Labute approximate surface area is 424 Å². The molecule has 0 unspecified atom stereocenters. The summed E-state index contributed by atoms with van der Waals surface area (Å²) in [5.74, 6) is 1.69. The third kappa shape index (κ3) is 8.88. The molecule has 0 saturated heterocycles. The van der Waals surface area contributed by atoms with E-state index < -0.39 is 0 Å². The van der Waals surface area contributed by atoms with Crippen LogP contribution in [0.5, 0.6) is 0 Å². The van der Waals surface area contributed by atoms with Crippen molar-refractivity contribution in [3.8, 4) is 56.2 Å². The minimum absolute atomic E-state index is 0.0164. The van der Waals surface area contributed by atoms with Crippen LogP contribution in [0.3, 0.4) is 0 Å². The lowest BCUT2D eigenvalue weighted by Crippen LogP contribution is -2.17. The van der Waals surface area contributed by atoms with Crippen LogP contribution >= 0.6 is 0 Å². The van der Waals surface area contributed by atoms with E-state index in [1.165, 1.54) is 50.1 Å². The number of benzene rings is 10. The Hall–Kier alpha value is -8.73. The molecule has 0 atom stereocenters. The average Bonchev–Trinajstić information content (AvgIpc) is 3.41. The fourth-order valence-corrected chi connectivity index (χ4v) is 11.0. The van der Waals surface area contributed by atoms with E-state index in [0.29, 0.717) is 17.6 Å². The summed E-state index contributed by atoms with van der Waals surface area (Å²) in [6.07, 6.45) is 0. The molecule has 0 fully saturated rings. The highest BCUT2D eigenvalue weighted by Gasteiger charge is 2.27. The fraction of sp³-hybridized carbons (Fsp3) is 0.103. The average molecular weight is 929 g/mol. The number of nitrogens with zero attached hydrogens (tertiary/aromatic N) is 4. The lowest BCUT2D eigenvalue weighted by molar-refractivity contribution is 0.919. The van der Waals surface area contributed by atoms with Gasteiger partial charge in [-0.15, -0.1) is 0 Å². The summed E-state index contributed by atoms with van der Waals surface area (Å²) in [6, 6.07) is 80.2. The maximum absolute atomic E-state index is 5.60. The van der Waals surface area contributed by atoms with Crippen LogP contribution in [0.25, 0.3) is 66.9 Å². The van der Waals surface area contributed by atoms with E-state index in [9.17, 15) is 0 Å². The second-order valence-corrected chi connectivity index (χ2v) is 19.2. The Morgan fingerprint density at radius 2 is 0.806 bits per heavy atom. The van der Waals surface area contributed by atoms with Crippen molar-refractivity contribution in [1.29, 1.82) is 0 Å². The van der Waals surface area contributed by atoms with Crippen LogP contribution in [0.15, 0.2) is 224 Å². The maximum atomic E-state index is 5.60. The number of fused-ring (bicyclic) bond motifs is 1. The summed E-state index contributed by atoms with van der Waals surface area (Å²) >= 11 is 0. The van der Waals surface area contributed by atoms with Crippen molar-refractivity contribution in [2.75, 3.05) is 4.90 Å². The van der Waals surface area contributed by atoms with Gasteiger partial charge in [-0.05, 0) is 138 Å². The molecule has 11 rings (SSSR count). The van der Waals surface area contributed by atoms with Crippen LogP contribution < -0.4 is 4.90 Å². The molecule has 10 aromatic carbocycles. The highest BCUT2D eigenvalue weighted by Crippen LogP contribution is 2.45. The molecular formula is C68H56N4. The third-order valence-corrected chi connectivity index (χ3v) is 14.0. The van der Waals surface area contributed by atoms with E-state index in [4.69, 9.17) is 15.0 Å². The van der Waals surface area contributed by atoms with Gasteiger partial charge >= 0.3 is 0 Å². The minimum atomic E-state index is 0.0164. The van der Waals surface area contributed by atoms with Crippen molar-refractivity contribution < 1.29 is 0 Å². The Morgan fingerprint density at radius 1 is 0.347 bits per heavy atom. The molecule has 0 aliphatic heterocycles. The van der Waals surface area contributed by atoms with Crippen LogP contribution in [0, 0.1) is 41.5 Å². The second-order valence-electron chi connectivity index (χ2n) is 19.2. The van der Waals surface area contributed by atoms with E-state index in [1.54, 1.807) is 0 Å². The standard InChI is InChI=1S/C68H56N4/c1-44-39-46(3)62(47(4)40-44)65(63-48(5)41-45(2)42-49(63)6)54-35-37-57(38-36-54)72(61-34-17-16-31-58(61)51-23-12-8-13-24-51)68-70-66(56-30-18-29-55(43-56)50-21-10-7-11-22-50)69-67(71-68)60-33-20-28-53-27-19-32-59(64(53)60)52-25-14-9-15-26-52/h7-43,65H,1-6H3. The van der Waals surface area contributed by atoms with Gasteiger partial charge in [-0.2, -0.15) is 9.97 Å². The molecule has 0 saturated carbocycles. The molecule has 1 aromatic heterocycles. The molecule has 0 radical (unpaired) electrons. The molecule has 11 aromatic rings. The van der Waals surface area contributed by atoms with Gasteiger partial charge in [-0.1, -0.05) is 211 Å². The maximum Gasteiger partial charge on any atom is 0.238 e. The van der Waals surface area contributed by atoms with Gasteiger partial charge < -0.3 is 0 Å². The van der Waals surface area contributed by atoms with Crippen LogP contribution in [0.4, 0.5) is 17.3 Å². The highest BCUT2D eigenvalue weighted by atomic mass is 15.3. The molecule has 0 N–H and O–H groups in total. The molecule has 72 heavy (non-hydrogen) atoms. The second kappa shape index (κ2) is 19.6. The first-order chi connectivity index (χ1) is 35.2. The summed E-state index contributed by atoms with van der Waals surface area (Å²) < 4.78 is 0. The number of aromatic nitrogens is 3. The Balaban J connectivity index is 1.17. The number of aryl methyl sites for hydroxylation is 6. The predicted octanol–water partition coefficient (Wildman–Crippen LogP) is 17.9. The molecule has 4 nitrogen and oxygen atoms in total. The number of hydrogen-bond acceptors (Lipinski definition) is 4. The van der Waals surface area contributed by atoms with Crippen LogP contribution in [-0.4, -0.2) is 15.0 Å². The Kier molecular flexibility index (Phi) is 12.4. The van der Waals surface area contributed by atoms with Crippen LogP contribution in [0.2, 0.25) is 0 Å². The number of rotatable bonds is 11. The largest absolute Gasteiger partial charge is 0.278 e. The molecule has 1 heterocycles. The van der Waals surface area contributed by atoms with Crippen molar-refractivity contribution in [3.63, 3.8) is 0 Å². The topological polar surface area (TPSA) is 41.9 Å². The van der Waals surface area contributed by atoms with Crippen molar-refractivity contribution >= 4 is 28.1 Å². The summed E-state index contributed by atoms with van der Waals surface area (Å²) in [6.45, 7) is 13.4. The summed E-state index contributed by atoms with van der Waals surface area (Å²) in [7, 11) is 0. The number of hydrogen-bond donors (Lipinski definition) is 0. The SMILES string of the molecule is Cc1cc(C)c(C(c2ccc(N(c3nc(-c4cccc(-c5ccccc5)c4)nc(-c4cccc5cccc(-c6ccccc6)c45)n3)c3ccccc3-c3ccccc3)cc2)c2c(C)cc(C)cc2C)c(C)c1. The molecule has 348 valence electrons. The van der Waals surface area contributed by atoms with Gasteiger partial charge in [-0.25, -0.2) is 4.98 Å². The van der Waals surface area contributed by atoms with Gasteiger partial charge in [0.2, 0.25) is 5.95 Å². The predicted molar refractivity (Wildman–Crippen MR) is 301 cm³/mol. The molecule has 0 bridgehead atoms. The van der Waals surface area contributed by atoms with Gasteiger partial charge in [0.15, 0.2) is 11.6 Å². The van der Waals surface area contributed by atoms with Gasteiger partial charge in [0.25, 0.3) is 0 Å². The van der Waals surface area contributed by atoms with Gasteiger partial charge in [-0.3, -0.25) is 4.90 Å². The van der Waals surface area contributed by atoms with Crippen LogP contribution in [-0.2, 0) is 0 Å². The third-order valence-electron chi connectivity index (χ3n) is 14.0. The Bertz CT molecular complexity index is 3640. The van der Waals surface area contributed by atoms with E-state index in [2.05, 4.69) is 271 Å². The van der Waals surface area contributed by atoms with Crippen molar-refractivity contribution in [2.24, 2.45) is 0 Å². The normalized spacial score (nSPS) is 11.3. The zero-order valence-corrected chi connectivity index (χ0v) is 41.7. The van der Waals surface area contributed by atoms with E-state index in [-0.39, 0.29) is 5.92 Å². The summed E-state index contributed by atoms with van der Waals surface area (Å²) in [5, 5.41) is 2.19. The van der Waals surface area contributed by atoms with Gasteiger partial charge in [0.05, 0.1) is 5.69 Å². The molecule has 0 aliphatic rings. The lowest BCUT2D eigenvalue weighted by Gasteiger charge is -2.29. The van der Waals surface area contributed by atoms with Gasteiger partial charge in [0.1, 0.15) is 0 Å². The van der Waals surface area contributed by atoms with E-state index in [1.807, 2.05) is 0 Å². The van der Waals surface area contributed by atoms with Crippen molar-refractivity contribution in [3.05, 3.63) is 275 Å². The molecule has 0 aliphatic carbocycles. The zero-order valence-electron chi connectivity index (χ0n) is 41.7. The van der Waals surface area contributed by atoms with Crippen LogP contribution in [0.1, 0.15) is 56.0 Å². The highest BCUT2D eigenvalue weighted by molar-refractivity contribution is 6.05. The molecule has 0 spiro atoms. The lowest BCUT2D eigenvalue weighted by atomic mass is 9.77. The minimum Gasteiger partial charge on any atom is -0.278 e. The van der Waals surface area contributed by atoms with Gasteiger partial charge in [0, 0.05) is 33.7 Å². The smallest absolute Gasteiger partial charge is 0.238 e. The van der Waals surface area contributed by atoms with Crippen molar-refractivity contribution in [1.82, 2.24) is 15.0 Å². The first-order valence-electron chi connectivity index (χ1n) is 24.9. The van der Waals surface area contributed by atoms with Crippen molar-refractivity contribution in [2.45, 2.75) is 47.5 Å². The monoisotopic (exact) mass is 928 g/mol. The van der Waals surface area contributed by atoms with E-state index >= 15 is 0 Å². The Morgan fingerprint density at radius 3 is 1.40 bits per heavy atom. The molecule has 0 amide bonds.